The molecule has 16 heavy (non-hydrogen) atoms. The first-order valence-electron chi connectivity index (χ1n) is 6.87. The molecule has 0 aliphatic carbocycles. The lowest BCUT2D eigenvalue weighted by Gasteiger charge is -2.14. The Hall–Kier alpha value is -0.560. The highest BCUT2D eigenvalue weighted by atomic mass is 15.1. The third-order valence-corrected chi connectivity index (χ3v) is 2.84. The van der Waals surface area contributed by atoms with Gasteiger partial charge in [0.2, 0.25) is 0 Å². The fourth-order valence-corrected chi connectivity index (χ4v) is 1.61. The predicted octanol–water partition coefficient (Wildman–Crippen LogP) is 4.41. The van der Waals surface area contributed by atoms with Crippen molar-refractivity contribution < 1.29 is 0 Å². The number of hydrogen-bond donors (Lipinski definition) is 0. The van der Waals surface area contributed by atoms with Gasteiger partial charge >= 0.3 is 0 Å². The average Bonchev–Trinajstić information content (AvgIpc) is 2.32. The molecule has 0 saturated heterocycles. The molecule has 0 spiro atoms. The van der Waals surface area contributed by atoms with E-state index in [0.717, 1.165) is 26.1 Å². The lowest BCUT2D eigenvalue weighted by molar-refractivity contribution is 0.337. The summed E-state index contributed by atoms with van der Waals surface area (Å²) in [5, 5.41) is 0. The van der Waals surface area contributed by atoms with Crippen molar-refractivity contribution in [1.29, 1.82) is 0 Å². The zero-order chi connectivity index (χ0) is 12.1. The van der Waals surface area contributed by atoms with Gasteiger partial charge in [0, 0.05) is 6.54 Å². The fraction of sp³-hybridized carbons (Fsp3) is 0.733. The number of rotatable bonds is 10. The molecular formula is C15H29N. The van der Waals surface area contributed by atoms with E-state index in [0.29, 0.717) is 0 Å². The Labute approximate surface area is 102 Å². The van der Waals surface area contributed by atoms with Crippen molar-refractivity contribution >= 4 is 0 Å². The highest BCUT2D eigenvalue weighted by Gasteiger charge is 1.92. The summed E-state index contributed by atoms with van der Waals surface area (Å²) in [5.41, 5.74) is 0. The molecule has 0 aromatic heterocycles. The molecule has 0 radical (unpaired) electrons. The summed E-state index contributed by atoms with van der Waals surface area (Å²) in [6.07, 6.45) is 15.5. The van der Waals surface area contributed by atoms with Crippen molar-refractivity contribution in [2.24, 2.45) is 0 Å². The molecule has 0 atom stereocenters. The first kappa shape index (κ1) is 15.4. The van der Waals surface area contributed by atoms with Gasteiger partial charge in [0.05, 0.1) is 0 Å². The summed E-state index contributed by atoms with van der Waals surface area (Å²) in [7, 11) is 0. The van der Waals surface area contributed by atoms with Crippen LogP contribution in [-0.4, -0.2) is 24.5 Å². The second-order valence-corrected chi connectivity index (χ2v) is 4.16. The van der Waals surface area contributed by atoms with Crippen molar-refractivity contribution in [2.45, 2.75) is 52.9 Å². The highest BCUT2D eigenvalue weighted by molar-refractivity contribution is 4.93. The molecule has 0 N–H and O–H groups in total. The molecule has 0 fully saturated rings. The minimum absolute atomic E-state index is 1.09. The minimum Gasteiger partial charge on any atom is -0.300 e. The molecule has 0 aromatic carbocycles. The first-order valence-corrected chi connectivity index (χ1v) is 6.87. The van der Waals surface area contributed by atoms with Crippen molar-refractivity contribution in [3.8, 4) is 0 Å². The Morgan fingerprint density at radius 2 is 1.50 bits per heavy atom. The van der Waals surface area contributed by atoms with E-state index in [1.807, 2.05) is 0 Å². The summed E-state index contributed by atoms with van der Waals surface area (Å²) >= 11 is 0. The van der Waals surface area contributed by atoms with Gasteiger partial charge in [0.1, 0.15) is 0 Å². The van der Waals surface area contributed by atoms with E-state index in [9.17, 15) is 0 Å². The molecule has 94 valence electrons. The van der Waals surface area contributed by atoms with Crippen LogP contribution >= 0.6 is 0 Å². The van der Waals surface area contributed by atoms with Crippen molar-refractivity contribution in [2.75, 3.05) is 19.6 Å². The van der Waals surface area contributed by atoms with Crippen LogP contribution in [0.15, 0.2) is 24.3 Å². The van der Waals surface area contributed by atoms with E-state index in [1.54, 1.807) is 0 Å². The molecule has 0 aromatic rings. The van der Waals surface area contributed by atoms with Crippen molar-refractivity contribution in [3.05, 3.63) is 24.3 Å². The molecule has 0 bridgehead atoms. The summed E-state index contributed by atoms with van der Waals surface area (Å²) < 4.78 is 0. The van der Waals surface area contributed by atoms with Gasteiger partial charge in [-0.05, 0) is 32.4 Å². The maximum Gasteiger partial charge on any atom is 0.0163 e. The van der Waals surface area contributed by atoms with Crippen LogP contribution in [0.5, 0.6) is 0 Å². The molecule has 0 saturated carbocycles. The largest absolute Gasteiger partial charge is 0.300 e. The lowest BCUT2D eigenvalue weighted by Crippen LogP contribution is -2.22. The summed E-state index contributed by atoms with van der Waals surface area (Å²) in [5.74, 6) is 0. The number of unbranched alkanes of at least 4 members (excludes halogenated alkanes) is 3. The molecular weight excluding hydrogens is 194 g/mol. The minimum atomic E-state index is 1.09. The average molecular weight is 223 g/mol. The first-order chi connectivity index (χ1) is 7.85. The zero-order valence-corrected chi connectivity index (χ0v) is 11.4. The third-order valence-electron chi connectivity index (χ3n) is 2.84. The van der Waals surface area contributed by atoms with E-state index < -0.39 is 0 Å². The Kier molecular flexibility index (Phi) is 12.1. The van der Waals surface area contributed by atoms with Crippen LogP contribution in [-0.2, 0) is 0 Å². The van der Waals surface area contributed by atoms with E-state index >= 15 is 0 Å². The maximum atomic E-state index is 2.42. The van der Waals surface area contributed by atoms with Gasteiger partial charge in [-0.15, -0.1) is 0 Å². The van der Waals surface area contributed by atoms with Gasteiger partial charge in [0.25, 0.3) is 0 Å². The van der Waals surface area contributed by atoms with Gasteiger partial charge in [-0.3, -0.25) is 0 Å². The van der Waals surface area contributed by atoms with Crippen LogP contribution in [0.4, 0.5) is 0 Å². The Morgan fingerprint density at radius 3 is 2.12 bits per heavy atom. The summed E-state index contributed by atoms with van der Waals surface area (Å²) in [4.78, 5) is 2.42. The van der Waals surface area contributed by atoms with Crippen molar-refractivity contribution in [3.63, 3.8) is 0 Å². The Balaban J connectivity index is 3.39. The molecule has 0 aliphatic rings. The molecule has 0 heterocycles. The van der Waals surface area contributed by atoms with Crippen LogP contribution in [0.2, 0.25) is 0 Å². The molecule has 0 aliphatic heterocycles. The molecule has 0 amide bonds. The number of nitrogens with zero attached hydrogens (tertiary/aromatic N) is 1. The van der Waals surface area contributed by atoms with Gasteiger partial charge in [0.15, 0.2) is 0 Å². The van der Waals surface area contributed by atoms with Crippen LogP contribution < -0.4 is 0 Å². The normalized spacial score (nSPS) is 12.2. The second kappa shape index (κ2) is 12.5. The number of hydrogen-bond acceptors (Lipinski definition) is 1. The highest BCUT2D eigenvalue weighted by Crippen LogP contribution is 2.00. The fourth-order valence-electron chi connectivity index (χ4n) is 1.61. The second-order valence-electron chi connectivity index (χ2n) is 4.16. The van der Waals surface area contributed by atoms with Crippen LogP contribution in [0.25, 0.3) is 0 Å². The number of allylic oxidation sites excluding steroid dienone is 3. The zero-order valence-electron chi connectivity index (χ0n) is 11.4. The Morgan fingerprint density at radius 1 is 0.812 bits per heavy atom. The monoisotopic (exact) mass is 223 g/mol. The number of likely N-dealkylation sites (N-methyl/N-ethyl adjacent to an activating group) is 1. The standard InChI is InChI=1S/C15H29N/c1-4-7-8-9-10-11-12-13-14-15-16(5-2)6-3/h10-11,13-14H,4-9,12,15H2,1-3H3/b11-10-,14-13-. The Bertz CT molecular complexity index is 178. The van der Waals surface area contributed by atoms with Gasteiger partial charge in [-0.2, -0.15) is 0 Å². The smallest absolute Gasteiger partial charge is 0.0163 e. The summed E-state index contributed by atoms with van der Waals surface area (Å²) in [6.45, 7) is 10.1. The predicted molar refractivity (Wildman–Crippen MR) is 74.8 cm³/mol. The van der Waals surface area contributed by atoms with Crippen LogP contribution in [0, 0.1) is 0 Å². The van der Waals surface area contributed by atoms with Gasteiger partial charge < -0.3 is 4.90 Å². The van der Waals surface area contributed by atoms with Crippen LogP contribution in [0.3, 0.4) is 0 Å². The van der Waals surface area contributed by atoms with E-state index in [4.69, 9.17) is 0 Å². The molecule has 0 rings (SSSR count). The molecule has 0 unspecified atom stereocenters. The maximum absolute atomic E-state index is 2.42. The molecule has 1 heteroatoms. The quantitative estimate of drug-likeness (QED) is 0.392. The summed E-state index contributed by atoms with van der Waals surface area (Å²) in [6, 6.07) is 0. The van der Waals surface area contributed by atoms with Crippen molar-refractivity contribution in [1.82, 2.24) is 4.90 Å². The van der Waals surface area contributed by atoms with E-state index in [1.165, 1.54) is 25.7 Å². The van der Waals surface area contributed by atoms with E-state index in [-0.39, 0.29) is 0 Å². The van der Waals surface area contributed by atoms with Gasteiger partial charge in [-0.1, -0.05) is 57.9 Å². The van der Waals surface area contributed by atoms with E-state index in [2.05, 4.69) is 50.0 Å². The van der Waals surface area contributed by atoms with Crippen LogP contribution in [0.1, 0.15) is 52.9 Å². The SMILES string of the molecule is CCCCC/C=C\C/C=C\CN(CC)CC. The third kappa shape index (κ3) is 9.97. The topological polar surface area (TPSA) is 3.24 Å². The van der Waals surface area contributed by atoms with Gasteiger partial charge in [-0.25, -0.2) is 0 Å². The molecule has 1 nitrogen and oxygen atoms in total. The lowest BCUT2D eigenvalue weighted by atomic mass is 10.2.